The van der Waals surface area contributed by atoms with Gasteiger partial charge in [0.25, 0.3) is 10.5 Å². The maximum Gasteiger partial charge on any atom is 0.276 e. The first kappa shape index (κ1) is 12.3. The van der Waals surface area contributed by atoms with Crippen molar-refractivity contribution in [1.82, 2.24) is 0 Å². The Labute approximate surface area is 95.3 Å². The van der Waals surface area contributed by atoms with Crippen molar-refractivity contribution in [3.05, 3.63) is 0 Å². The van der Waals surface area contributed by atoms with Gasteiger partial charge in [0.1, 0.15) is 0 Å². The maximum absolute atomic E-state index is 2.28. The highest BCUT2D eigenvalue weighted by Crippen LogP contribution is 2.49. The van der Waals surface area contributed by atoms with Crippen LogP contribution in [0.15, 0.2) is 0 Å². The topological polar surface area (TPSA) is 0 Å². The zero-order chi connectivity index (χ0) is 9.52. The smallest absolute Gasteiger partial charge is 0.228 e. The number of unbranched alkanes of at least 4 members (excludes halogenated alkanes) is 2. The highest BCUT2D eigenvalue weighted by atomic mass is 33.1. The van der Waals surface area contributed by atoms with E-state index in [2.05, 4.69) is 46.6 Å². The van der Waals surface area contributed by atoms with Gasteiger partial charge in [0, 0.05) is 0 Å². The van der Waals surface area contributed by atoms with E-state index in [0.29, 0.717) is 0 Å². The minimum Gasteiger partial charge on any atom is -0.228 e. The summed E-state index contributed by atoms with van der Waals surface area (Å²) in [5, 5.41) is 1.79. The van der Waals surface area contributed by atoms with Crippen LogP contribution in [0.2, 0.25) is 12.6 Å². The van der Waals surface area contributed by atoms with E-state index in [1.807, 2.05) is 0 Å². The summed E-state index contributed by atoms with van der Waals surface area (Å²) in [5.41, 5.74) is 0. The summed E-state index contributed by atoms with van der Waals surface area (Å²) in [6.07, 6.45) is 8.35. The molecule has 0 aromatic heterocycles. The Kier molecular flexibility index (Phi) is 7.04. The SMILES string of the molecule is CCCCB1SSB(CCCC)S1. The van der Waals surface area contributed by atoms with E-state index in [1.54, 1.807) is 0 Å². The van der Waals surface area contributed by atoms with Crippen LogP contribution in [0.3, 0.4) is 0 Å². The molecule has 1 fully saturated rings. The van der Waals surface area contributed by atoms with E-state index in [9.17, 15) is 0 Å². The van der Waals surface area contributed by atoms with Gasteiger partial charge in [-0.2, -0.15) is 0 Å². The zero-order valence-corrected chi connectivity index (χ0v) is 11.1. The average Bonchev–Trinajstić information content (AvgIpc) is 2.59. The fraction of sp³-hybridized carbons (Fsp3) is 1.00. The van der Waals surface area contributed by atoms with Crippen molar-refractivity contribution in [3.63, 3.8) is 0 Å². The third-order valence-corrected chi connectivity index (χ3v) is 7.95. The summed E-state index contributed by atoms with van der Waals surface area (Å²) in [6, 6.07) is 0. The van der Waals surface area contributed by atoms with Gasteiger partial charge in [-0.1, -0.05) is 52.2 Å². The molecule has 1 aliphatic heterocycles. The first-order valence-corrected chi connectivity index (χ1v) is 8.56. The van der Waals surface area contributed by atoms with Crippen LogP contribution in [-0.4, -0.2) is 10.5 Å². The molecule has 0 N–H and O–H groups in total. The van der Waals surface area contributed by atoms with Gasteiger partial charge in [-0.15, -0.1) is 21.3 Å². The Morgan fingerprint density at radius 3 is 1.69 bits per heavy atom. The van der Waals surface area contributed by atoms with Crippen molar-refractivity contribution in [1.29, 1.82) is 0 Å². The molecular weight excluding hydrogens is 214 g/mol. The minimum absolute atomic E-state index is 0.895. The second-order valence-corrected chi connectivity index (χ2v) is 8.16. The van der Waals surface area contributed by atoms with Crippen molar-refractivity contribution in [2.45, 2.75) is 52.2 Å². The van der Waals surface area contributed by atoms with Crippen molar-refractivity contribution in [2.75, 3.05) is 0 Å². The minimum atomic E-state index is 0.895. The van der Waals surface area contributed by atoms with Gasteiger partial charge in [-0.05, 0) is 0 Å². The van der Waals surface area contributed by atoms with Gasteiger partial charge in [0.05, 0.1) is 0 Å². The Balaban J connectivity index is 2.05. The van der Waals surface area contributed by atoms with Crippen LogP contribution in [0.25, 0.3) is 0 Å². The van der Waals surface area contributed by atoms with Gasteiger partial charge >= 0.3 is 0 Å². The highest BCUT2D eigenvalue weighted by molar-refractivity contribution is 9.12. The first-order valence-electron chi connectivity index (χ1n) is 5.34. The van der Waals surface area contributed by atoms with E-state index in [1.165, 1.54) is 38.3 Å². The molecular formula is C8H18B2S3. The Hall–Kier alpha value is 1.18. The first-order chi connectivity index (χ1) is 6.36. The van der Waals surface area contributed by atoms with Gasteiger partial charge in [0.2, 0.25) is 0 Å². The van der Waals surface area contributed by atoms with E-state index in [0.717, 1.165) is 10.5 Å². The third kappa shape index (κ3) is 4.98. The van der Waals surface area contributed by atoms with Crippen LogP contribution in [0.4, 0.5) is 0 Å². The van der Waals surface area contributed by atoms with Crippen LogP contribution in [-0.2, 0) is 0 Å². The average molecular weight is 232 g/mol. The highest BCUT2D eigenvalue weighted by Gasteiger charge is 2.31. The lowest BCUT2D eigenvalue weighted by Gasteiger charge is -2.02. The predicted octanol–water partition coefficient (Wildman–Crippen LogP) is 4.69. The summed E-state index contributed by atoms with van der Waals surface area (Å²) < 4.78 is 0. The fourth-order valence-corrected chi connectivity index (χ4v) is 7.36. The summed E-state index contributed by atoms with van der Waals surface area (Å²) >= 11 is 2.22. The van der Waals surface area contributed by atoms with E-state index in [-0.39, 0.29) is 0 Å². The molecule has 0 spiro atoms. The lowest BCUT2D eigenvalue weighted by molar-refractivity contribution is 0.881. The molecule has 0 saturated carbocycles. The monoisotopic (exact) mass is 232 g/mol. The van der Waals surface area contributed by atoms with Crippen molar-refractivity contribution < 1.29 is 0 Å². The molecule has 1 heterocycles. The van der Waals surface area contributed by atoms with Crippen LogP contribution in [0.1, 0.15) is 39.5 Å². The number of rotatable bonds is 6. The number of hydrogen-bond donors (Lipinski definition) is 0. The van der Waals surface area contributed by atoms with Crippen LogP contribution in [0, 0.1) is 0 Å². The van der Waals surface area contributed by atoms with Gasteiger partial charge in [-0.25, -0.2) is 11.5 Å². The van der Waals surface area contributed by atoms with Crippen molar-refractivity contribution in [2.24, 2.45) is 0 Å². The lowest BCUT2D eigenvalue weighted by Crippen LogP contribution is -2.02. The van der Waals surface area contributed by atoms with Crippen LogP contribution in [0.5, 0.6) is 0 Å². The normalized spacial score (nSPS) is 17.1. The second kappa shape index (κ2) is 7.47. The molecule has 0 aliphatic carbocycles. The summed E-state index contributed by atoms with van der Waals surface area (Å²) in [7, 11) is 4.24. The summed E-state index contributed by atoms with van der Waals surface area (Å²) in [5.74, 6) is 0. The molecule has 0 atom stereocenters. The van der Waals surface area contributed by atoms with Gasteiger partial charge < -0.3 is 0 Å². The van der Waals surface area contributed by atoms with Gasteiger partial charge in [0.15, 0.2) is 0 Å². The number of hydrogen-bond acceptors (Lipinski definition) is 3. The fourth-order valence-electron chi connectivity index (χ4n) is 1.31. The third-order valence-electron chi connectivity index (χ3n) is 2.16. The standard InChI is InChI=1S/C8H18B2S3/c1-3-5-7-9-11-10(13-12-9)8-6-4-2/h3-8H2,1-2H3. The molecule has 0 bridgehead atoms. The second-order valence-electron chi connectivity index (χ2n) is 3.47. The van der Waals surface area contributed by atoms with Gasteiger partial charge in [-0.3, -0.25) is 0 Å². The maximum atomic E-state index is 2.28. The molecule has 1 saturated heterocycles. The van der Waals surface area contributed by atoms with E-state index in [4.69, 9.17) is 0 Å². The van der Waals surface area contributed by atoms with Crippen molar-refractivity contribution >= 4 is 43.3 Å². The molecule has 0 nitrogen and oxygen atoms in total. The molecule has 0 radical (unpaired) electrons. The van der Waals surface area contributed by atoms with Crippen LogP contribution < -0.4 is 0 Å². The predicted molar refractivity (Wildman–Crippen MR) is 73.7 cm³/mol. The molecule has 0 aromatic carbocycles. The summed E-state index contributed by atoms with van der Waals surface area (Å²) in [6.45, 7) is 4.57. The molecule has 1 aliphatic rings. The zero-order valence-electron chi connectivity index (χ0n) is 8.62. The van der Waals surface area contributed by atoms with E-state index < -0.39 is 0 Å². The van der Waals surface area contributed by atoms with Crippen LogP contribution >= 0.6 is 32.8 Å². The lowest BCUT2D eigenvalue weighted by atomic mass is 9.95. The molecule has 5 heteroatoms. The Morgan fingerprint density at radius 1 is 0.846 bits per heavy atom. The quantitative estimate of drug-likeness (QED) is 0.481. The summed E-state index contributed by atoms with van der Waals surface area (Å²) in [4.78, 5) is 0. The van der Waals surface area contributed by atoms with E-state index >= 15 is 0 Å². The molecule has 0 aromatic rings. The van der Waals surface area contributed by atoms with Crippen molar-refractivity contribution in [3.8, 4) is 0 Å². The molecule has 0 amide bonds. The molecule has 13 heavy (non-hydrogen) atoms. The molecule has 0 unspecified atom stereocenters. The molecule has 74 valence electrons. The Bertz CT molecular complexity index is 121. The Morgan fingerprint density at radius 2 is 1.31 bits per heavy atom. The molecule has 1 rings (SSSR count). The largest absolute Gasteiger partial charge is 0.276 e.